The highest BCUT2D eigenvalue weighted by molar-refractivity contribution is 6.13. The van der Waals surface area contributed by atoms with E-state index in [1.807, 2.05) is 0 Å². The Morgan fingerprint density at radius 1 is 0.943 bits per heavy atom. The number of hydrogen-bond acceptors (Lipinski definition) is 4. The lowest BCUT2D eigenvalue weighted by atomic mass is 9.99. The Bertz CT molecular complexity index is 1400. The molecule has 2 aliphatic rings. The first kappa shape index (κ1) is 23.0. The molecule has 0 aliphatic carbocycles. The van der Waals surface area contributed by atoms with Gasteiger partial charge in [-0.25, -0.2) is 8.78 Å². The van der Waals surface area contributed by atoms with Gasteiger partial charge < -0.3 is 15.2 Å². The van der Waals surface area contributed by atoms with Gasteiger partial charge in [0.1, 0.15) is 18.3 Å². The molecule has 0 unspecified atom stereocenters. The molecule has 0 radical (unpaired) electrons. The minimum Gasteiger partial charge on any atom is -0.324 e. The van der Waals surface area contributed by atoms with E-state index in [2.05, 4.69) is 10.3 Å². The molecule has 11 heteroatoms. The Morgan fingerprint density at radius 2 is 1.69 bits per heavy atom. The van der Waals surface area contributed by atoms with E-state index in [1.165, 1.54) is 40.1 Å². The summed E-state index contributed by atoms with van der Waals surface area (Å²) in [6.07, 6.45) is -4.68. The summed E-state index contributed by atoms with van der Waals surface area (Å²) >= 11 is 0. The molecule has 2 aliphatic heterocycles. The fraction of sp³-hybridized carbons (Fsp3) is 0.250. The lowest BCUT2D eigenvalue weighted by Crippen LogP contribution is -2.46. The second-order valence-corrected chi connectivity index (χ2v) is 8.46. The highest BCUT2D eigenvalue weighted by Crippen LogP contribution is 2.43. The van der Waals surface area contributed by atoms with E-state index in [0.29, 0.717) is 47.7 Å². The number of aromatic amines is 1. The van der Waals surface area contributed by atoms with Crippen LogP contribution in [0, 0.1) is 11.6 Å². The van der Waals surface area contributed by atoms with Gasteiger partial charge in [-0.2, -0.15) is 13.2 Å². The van der Waals surface area contributed by atoms with Gasteiger partial charge in [-0.15, -0.1) is 0 Å². The smallest absolute Gasteiger partial charge is 0.324 e. The van der Waals surface area contributed by atoms with Gasteiger partial charge in [-0.3, -0.25) is 14.5 Å². The van der Waals surface area contributed by atoms with Gasteiger partial charge in [-0.1, -0.05) is 0 Å². The average Bonchev–Trinajstić information content (AvgIpc) is 2.80. The van der Waals surface area contributed by atoms with Crippen molar-refractivity contribution in [2.24, 2.45) is 0 Å². The van der Waals surface area contributed by atoms with Crippen LogP contribution in [0.4, 0.5) is 39.0 Å². The molecule has 1 aromatic heterocycles. The van der Waals surface area contributed by atoms with Crippen molar-refractivity contribution in [2.75, 3.05) is 23.0 Å². The normalized spacial score (nSPS) is 17.9. The Kier molecular flexibility index (Phi) is 5.39. The van der Waals surface area contributed by atoms with Gasteiger partial charge in [0.25, 0.3) is 5.91 Å². The largest absolute Gasteiger partial charge is 0.419 e. The SMILES string of the molecule is C[C@H]1NCCc2[nH]c(=O)ccc2N2CN(c3cc(C(F)(F)F)c(F)cc3C2=O)c2ccc(F)cc21. The third-order valence-electron chi connectivity index (χ3n) is 6.28. The van der Waals surface area contributed by atoms with E-state index in [9.17, 15) is 31.5 Å². The van der Waals surface area contributed by atoms with E-state index in [-0.39, 0.29) is 23.5 Å². The molecule has 2 bridgehead atoms. The van der Waals surface area contributed by atoms with Crippen LogP contribution in [0.15, 0.2) is 47.3 Å². The van der Waals surface area contributed by atoms with E-state index < -0.39 is 35.3 Å². The summed E-state index contributed by atoms with van der Waals surface area (Å²) in [6, 6.07) is 7.30. The van der Waals surface area contributed by atoms with Crippen molar-refractivity contribution < 1.29 is 26.7 Å². The summed E-state index contributed by atoms with van der Waals surface area (Å²) < 4.78 is 69.4. The van der Waals surface area contributed by atoms with Gasteiger partial charge in [0.15, 0.2) is 0 Å². The number of nitrogens with one attached hydrogen (secondary N) is 2. The van der Waals surface area contributed by atoms with Crippen LogP contribution in [0.3, 0.4) is 0 Å². The molecule has 0 spiro atoms. The van der Waals surface area contributed by atoms with Crippen molar-refractivity contribution in [3.05, 3.63) is 86.8 Å². The van der Waals surface area contributed by atoms with Gasteiger partial charge >= 0.3 is 6.18 Å². The Hall–Kier alpha value is -3.73. The molecule has 3 aromatic rings. The third kappa shape index (κ3) is 3.95. The monoisotopic (exact) mass is 490 g/mol. The average molecular weight is 490 g/mol. The molecule has 35 heavy (non-hydrogen) atoms. The molecular weight excluding hydrogens is 471 g/mol. The number of alkyl halides is 3. The molecule has 0 fully saturated rings. The molecule has 2 N–H and O–H groups in total. The molecule has 6 nitrogen and oxygen atoms in total. The number of benzene rings is 2. The fourth-order valence-corrected chi connectivity index (χ4v) is 4.59. The summed E-state index contributed by atoms with van der Waals surface area (Å²) in [7, 11) is 0. The first-order valence-electron chi connectivity index (χ1n) is 10.8. The van der Waals surface area contributed by atoms with Gasteiger partial charge in [-0.05, 0) is 48.9 Å². The van der Waals surface area contributed by atoms with Crippen molar-refractivity contribution in [3.63, 3.8) is 0 Å². The van der Waals surface area contributed by atoms with Crippen LogP contribution in [0.1, 0.15) is 40.1 Å². The zero-order valence-corrected chi connectivity index (χ0v) is 18.3. The first-order valence-corrected chi connectivity index (χ1v) is 10.8. The lowest BCUT2D eigenvalue weighted by Gasteiger charge is -2.40. The van der Waals surface area contributed by atoms with E-state index in [0.717, 1.165) is 0 Å². The van der Waals surface area contributed by atoms with Crippen LogP contribution in [-0.2, 0) is 12.6 Å². The number of amides is 1. The number of H-pyrrole nitrogens is 1. The summed E-state index contributed by atoms with van der Waals surface area (Å²) in [5.74, 6) is -2.84. The van der Waals surface area contributed by atoms with Crippen molar-refractivity contribution in [3.8, 4) is 0 Å². The lowest BCUT2D eigenvalue weighted by molar-refractivity contribution is -0.139. The van der Waals surface area contributed by atoms with Crippen LogP contribution in [0.5, 0.6) is 0 Å². The zero-order valence-electron chi connectivity index (χ0n) is 18.3. The minimum atomic E-state index is -4.99. The predicted octanol–water partition coefficient (Wildman–Crippen LogP) is 4.63. The number of hydrogen-bond donors (Lipinski definition) is 2. The third-order valence-corrected chi connectivity index (χ3v) is 6.28. The predicted molar refractivity (Wildman–Crippen MR) is 119 cm³/mol. The molecule has 0 saturated carbocycles. The molecular formula is C24H19F5N4O2. The number of nitrogens with zero attached hydrogens (tertiary/aromatic N) is 2. The Morgan fingerprint density at radius 3 is 2.43 bits per heavy atom. The van der Waals surface area contributed by atoms with Crippen LogP contribution >= 0.6 is 0 Å². The number of fused-ring (bicyclic) bond motifs is 8. The van der Waals surface area contributed by atoms with Gasteiger partial charge in [0.05, 0.1) is 22.5 Å². The number of carbonyl (C=O) groups excluding carboxylic acids is 1. The molecule has 0 saturated heterocycles. The number of carbonyl (C=O) groups is 1. The van der Waals surface area contributed by atoms with Crippen molar-refractivity contribution >= 4 is 23.0 Å². The first-order chi connectivity index (χ1) is 16.5. The van der Waals surface area contributed by atoms with Crippen molar-refractivity contribution in [2.45, 2.75) is 25.6 Å². The van der Waals surface area contributed by atoms with Crippen molar-refractivity contribution in [1.82, 2.24) is 10.3 Å². The molecule has 2 aromatic carbocycles. The maximum absolute atomic E-state index is 14.6. The fourth-order valence-electron chi connectivity index (χ4n) is 4.59. The van der Waals surface area contributed by atoms with E-state index >= 15 is 0 Å². The van der Waals surface area contributed by atoms with Gasteiger partial charge in [0, 0.05) is 36.5 Å². The number of halogens is 5. The topological polar surface area (TPSA) is 68.4 Å². The van der Waals surface area contributed by atoms with Crippen LogP contribution in [0.2, 0.25) is 0 Å². The second-order valence-electron chi connectivity index (χ2n) is 8.46. The van der Waals surface area contributed by atoms with Crippen LogP contribution in [0.25, 0.3) is 0 Å². The summed E-state index contributed by atoms with van der Waals surface area (Å²) in [4.78, 5) is 30.8. The maximum atomic E-state index is 14.6. The summed E-state index contributed by atoms with van der Waals surface area (Å²) in [5.41, 5.74) is -0.755. The number of aromatic nitrogens is 1. The van der Waals surface area contributed by atoms with E-state index in [1.54, 1.807) is 6.92 Å². The number of pyridine rings is 1. The summed E-state index contributed by atoms with van der Waals surface area (Å²) in [5, 5.41) is 3.22. The van der Waals surface area contributed by atoms with Crippen molar-refractivity contribution in [1.29, 1.82) is 0 Å². The minimum absolute atomic E-state index is 0.148. The van der Waals surface area contributed by atoms with Crippen LogP contribution in [-0.4, -0.2) is 24.1 Å². The number of rotatable bonds is 0. The van der Waals surface area contributed by atoms with E-state index in [4.69, 9.17) is 0 Å². The summed E-state index contributed by atoms with van der Waals surface area (Å²) in [6.45, 7) is 1.88. The second kappa shape index (κ2) is 8.19. The van der Waals surface area contributed by atoms with Crippen LogP contribution < -0.4 is 20.7 Å². The maximum Gasteiger partial charge on any atom is 0.419 e. The molecule has 5 rings (SSSR count). The quantitative estimate of drug-likeness (QED) is 0.451. The molecule has 1 amide bonds. The molecule has 3 heterocycles. The Labute approximate surface area is 196 Å². The standard InChI is InChI=1S/C24H19F5N4O2/c1-12-14-8-13(25)2-3-19(14)32-11-33(20-4-5-22(34)31-18(20)6-7-30-12)23(35)15-9-17(26)16(10-21(15)32)24(27,28)29/h2-5,8-10,12,30H,6-7,11H2,1H3,(H,31,34)/t12-/m1/s1. The highest BCUT2D eigenvalue weighted by Gasteiger charge is 2.40. The zero-order chi connectivity index (χ0) is 25.1. The highest BCUT2D eigenvalue weighted by atomic mass is 19.4. The Balaban J connectivity index is 1.81. The molecule has 182 valence electrons. The van der Waals surface area contributed by atoms with Gasteiger partial charge in [0.2, 0.25) is 5.56 Å². The number of anilines is 3. The molecule has 1 atom stereocenters.